The quantitative estimate of drug-likeness (QED) is 0.640. The van der Waals surface area contributed by atoms with Crippen LogP contribution in [0, 0.1) is 5.92 Å². The molecule has 1 aliphatic rings. The first-order valence-electron chi connectivity index (χ1n) is 10.0. The summed E-state index contributed by atoms with van der Waals surface area (Å²) >= 11 is 11.9. The molecule has 2 N–H and O–H groups in total. The average molecular weight is 458 g/mol. The van der Waals surface area contributed by atoms with Crippen LogP contribution >= 0.6 is 23.2 Å². The van der Waals surface area contributed by atoms with Crippen LogP contribution < -0.4 is 10.6 Å². The molecule has 1 fully saturated rings. The standard InChI is InChI=1S/C21H29Cl2N3O4/c1-21(2,3)30-20(29)25-9-8-24-19(28)15-5-4-10-26(13-15)18(27)12-14-6-7-16(22)17(23)11-14/h6-7,11,15H,4-5,8-10,12-13H2,1-3H3,(H,24,28)(H,25,29). The van der Waals surface area contributed by atoms with Gasteiger partial charge in [0.05, 0.1) is 22.4 Å². The first kappa shape index (κ1) is 24.3. The van der Waals surface area contributed by atoms with Crippen LogP contribution in [-0.4, -0.2) is 54.6 Å². The zero-order chi connectivity index (χ0) is 22.3. The van der Waals surface area contributed by atoms with Crippen LogP contribution in [0.5, 0.6) is 0 Å². The highest BCUT2D eigenvalue weighted by Gasteiger charge is 2.28. The van der Waals surface area contributed by atoms with Crippen molar-refractivity contribution in [2.24, 2.45) is 5.92 Å². The number of benzene rings is 1. The van der Waals surface area contributed by atoms with E-state index in [9.17, 15) is 14.4 Å². The van der Waals surface area contributed by atoms with E-state index in [4.69, 9.17) is 27.9 Å². The Bertz CT molecular complexity index is 780. The van der Waals surface area contributed by atoms with E-state index in [-0.39, 0.29) is 30.7 Å². The molecule has 1 atom stereocenters. The molecule has 1 unspecified atom stereocenters. The number of carbonyl (C=O) groups excluding carboxylic acids is 3. The van der Waals surface area contributed by atoms with Gasteiger partial charge in [-0.25, -0.2) is 4.79 Å². The molecule has 1 heterocycles. The normalized spacial score (nSPS) is 16.7. The number of halogens is 2. The maximum Gasteiger partial charge on any atom is 0.407 e. The largest absolute Gasteiger partial charge is 0.444 e. The van der Waals surface area contributed by atoms with Crippen LogP contribution in [0.25, 0.3) is 0 Å². The molecule has 3 amide bonds. The molecule has 1 aromatic carbocycles. The topological polar surface area (TPSA) is 87.7 Å². The van der Waals surface area contributed by atoms with Crippen molar-refractivity contribution in [2.75, 3.05) is 26.2 Å². The van der Waals surface area contributed by atoms with E-state index in [1.807, 2.05) is 0 Å². The first-order chi connectivity index (χ1) is 14.0. The minimum Gasteiger partial charge on any atom is -0.444 e. The summed E-state index contributed by atoms with van der Waals surface area (Å²) in [6.07, 6.45) is 1.18. The predicted molar refractivity (Wildman–Crippen MR) is 117 cm³/mol. The molecule has 1 aromatic rings. The van der Waals surface area contributed by atoms with E-state index in [1.54, 1.807) is 43.9 Å². The Hall–Kier alpha value is -1.99. The number of hydrogen-bond acceptors (Lipinski definition) is 4. The SMILES string of the molecule is CC(C)(C)OC(=O)NCCNC(=O)C1CCCN(C(=O)Cc2ccc(Cl)c(Cl)c2)C1. The molecule has 1 saturated heterocycles. The maximum atomic E-state index is 12.6. The second-order valence-electron chi connectivity index (χ2n) is 8.32. The number of likely N-dealkylation sites (tertiary alicyclic amines) is 1. The number of piperidine rings is 1. The molecule has 9 heteroatoms. The zero-order valence-electron chi connectivity index (χ0n) is 17.6. The highest BCUT2D eigenvalue weighted by atomic mass is 35.5. The summed E-state index contributed by atoms with van der Waals surface area (Å²) in [7, 11) is 0. The van der Waals surface area contributed by atoms with Gasteiger partial charge in [-0.05, 0) is 51.3 Å². The Morgan fingerprint density at radius 3 is 2.50 bits per heavy atom. The molecule has 0 bridgehead atoms. The number of hydrogen-bond donors (Lipinski definition) is 2. The molecule has 0 aromatic heterocycles. The van der Waals surface area contributed by atoms with Crippen LogP contribution in [0.2, 0.25) is 10.0 Å². The summed E-state index contributed by atoms with van der Waals surface area (Å²) in [6.45, 7) is 6.93. The summed E-state index contributed by atoms with van der Waals surface area (Å²) in [5.74, 6) is -0.427. The Labute approximate surface area is 187 Å². The third-order valence-electron chi connectivity index (χ3n) is 4.58. The Morgan fingerprint density at radius 1 is 1.13 bits per heavy atom. The summed E-state index contributed by atoms with van der Waals surface area (Å²) < 4.78 is 5.14. The van der Waals surface area contributed by atoms with Gasteiger partial charge in [-0.3, -0.25) is 9.59 Å². The minimum atomic E-state index is -0.567. The lowest BCUT2D eigenvalue weighted by Gasteiger charge is -2.32. The van der Waals surface area contributed by atoms with Crippen LogP contribution in [0.15, 0.2) is 18.2 Å². The second-order valence-corrected chi connectivity index (χ2v) is 9.14. The van der Waals surface area contributed by atoms with Gasteiger partial charge in [0.25, 0.3) is 0 Å². The monoisotopic (exact) mass is 457 g/mol. The number of amides is 3. The van der Waals surface area contributed by atoms with Crippen molar-refractivity contribution in [2.45, 2.75) is 45.6 Å². The lowest BCUT2D eigenvalue weighted by atomic mass is 9.96. The van der Waals surface area contributed by atoms with Crippen molar-refractivity contribution in [1.29, 1.82) is 0 Å². The Kier molecular flexibility index (Phi) is 8.79. The van der Waals surface area contributed by atoms with E-state index < -0.39 is 11.7 Å². The predicted octanol–water partition coefficient (Wildman–Crippen LogP) is 3.42. The summed E-state index contributed by atoms with van der Waals surface area (Å²) in [5, 5.41) is 6.28. The fourth-order valence-electron chi connectivity index (χ4n) is 3.16. The van der Waals surface area contributed by atoms with Crippen molar-refractivity contribution in [3.63, 3.8) is 0 Å². The molecule has 0 radical (unpaired) electrons. The molecule has 0 saturated carbocycles. The lowest BCUT2D eigenvalue weighted by Crippen LogP contribution is -2.47. The van der Waals surface area contributed by atoms with Crippen molar-refractivity contribution in [3.05, 3.63) is 33.8 Å². The van der Waals surface area contributed by atoms with Crippen molar-refractivity contribution < 1.29 is 19.1 Å². The molecule has 7 nitrogen and oxygen atoms in total. The fourth-order valence-corrected chi connectivity index (χ4v) is 3.48. The number of alkyl carbamates (subject to hydrolysis) is 1. The number of rotatable bonds is 6. The van der Waals surface area contributed by atoms with Gasteiger partial charge in [0, 0.05) is 26.2 Å². The molecule has 0 spiro atoms. The van der Waals surface area contributed by atoms with E-state index >= 15 is 0 Å². The van der Waals surface area contributed by atoms with Crippen molar-refractivity contribution in [3.8, 4) is 0 Å². The summed E-state index contributed by atoms with van der Waals surface area (Å²) in [4.78, 5) is 38.4. The van der Waals surface area contributed by atoms with Gasteiger partial charge in [0.2, 0.25) is 11.8 Å². The third-order valence-corrected chi connectivity index (χ3v) is 5.32. The van der Waals surface area contributed by atoms with Gasteiger partial charge in [-0.15, -0.1) is 0 Å². The van der Waals surface area contributed by atoms with E-state index in [0.717, 1.165) is 18.4 Å². The highest BCUT2D eigenvalue weighted by Crippen LogP contribution is 2.24. The second kappa shape index (κ2) is 10.9. The number of ether oxygens (including phenoxy) is 1. The Balaban J connectivity index is 1.76. The minimum absolute atomic E-state index is 0.0440. The van der Waals surface area contributed by atoms with Crippen molar-refractivity contribution in [1.82, 2.24) is 15.5 Å². The summed E-state index contributed by atoms with van der Waals surface area (Å²) in [5.41, 5.74) is 0.220. The van der Waals surface area contributed by atoms with Crippen LogP contribution in [-0.2, 0) is 20.7 Å². The zero-order valence-corrected chi connectivity index (χ0v) is 19.1. The Morgan fingerprint density at radius 2 is 1.83 bits per heavy atom. The molecule has 166 valence electrons. The molecule has 0 aliphatic carbocycles. The van der Waals surface area contributed by atoms with Gasteiger partial charge in [-0.2, -0.15) is 0 Å². The van der Waals surface area contributed by atoms with Crippen LogP contribution in [0.4, 0.5) is 4.79 Å². The highest BCUT2D eigenvalue weighted by molar-refractivity contribution is 6.42. The molecule has 2 rings (SSSR count). The van der Waals surface area contributed by atoms with Gasteiger partial charge in [0.1, 0.15) is 5.60 Å². The molecular formula is C21H29Cl2N3O4. The smallest absolute Gasteiger partial charge is 0.407 e. The molecule has 1 aliphatic heterocycles. The van der Waals surface area contributed by atoms with Gasteiger partial charge >= 0.3 is 6.09 Å². The maximum absolute atomic E-state index is 12.6. The van der Waals surface area contributed by atoms with Crippen LogP contribution in [0.3, 0.4) is 0 Å². The number of carbonyl (C=O) groups is 3. The average Bonchev–Trinajstić information content (AvgIpc) is 2.66. The van der Waals surface area contributed by atoms with Gasteiger partial charge in [-0.1, -0.05) is 29.3 Å². The van der Waals surface area contributed by atoms with E-state index in [1.165, 1.54) is 0 Å². The first-order valence-corrected chi connectivity index (χ1v) is 10.8. The molecule has 30 heavy (non-hydrogen) atoms. The third kappa shape index (κ3) is 8.03. The van der Waals surface area contributed by atoms with E-state index in [2.05, 4.69) is 10.6 Å². The van der Waals surface area contributed by atoms with Gasteiger partial charge < -0.3 is 20.3 Å². The number of nitrogens with one attached hydrogen (secondary N) is 2. The van der Waals surface area contributed by atoms with E-state index in [0.29, 0.717) is 29.7 Å². The summed E-state index contributed by atoms with van der Waals surface area (Å²) in [6, 6.07) is 5.13. The fraction of sp³-hybridized carbons (Fsp3) is 0.571. The lowest BCUT2D eigenvalue weighted by molar-refractivity contribution is -0.135. The van der Waals surface area contributed by atoms with Crippen molar-refractivity contribution >= 4 is 41.1 Å². The molecular weight excluding hydrogens is 429 g/mol. The number of nitrogens with zero attached hydrogens (tertiary/aromatic N) is 1. The van der Waals surface area contributed by atoms with Gasteiger partial charge in [0.15, 0.2) is 0 Å². The van der Waals surface area contributed by atoms with Crippen LogP contribution in [0.1, 0.15) is 39.2 Å².